The van der Waals surface area contributed by atoms with Crippen LogP contribution in [0.2, 0.25) is 0 Å². The van der Waals surface area contributed by atoms with Gasteiger partial charge in [-0.1, -0.05) is 17.3 Å². The molecule has 124 valence electrons. The second-order valence-corrected chi connectivity index (χ2v) is 5.12. The largest absolute Gasteiger partial charge is 0.573 e. The van der Waals surface area contributed by atoms with Gasteiger partial charge in [-0.2, -0.15) is 0 Å². The molecule has 1 aromatic heterocycles. The number of halogens is 3. The number of para-hydroxylation sites is 1. The van der Waals surface area contributed by atoms with Gasteiger partial charge in [-0.25, -0.2) is 9.78 Å². The Hall–Kier alpha value is -2.06. The van der Waals surface area contributed by atoms with E-state index in [1.807, 2.05) is 0 Å². The average Bonchev–Trinajstić information content (AvgIpc) is 3.25. The van der Waals surface area contributed by atoms with E-state index in [-0.39, 0.29) is 29.5 Å². The highest BCUT2D eigenvalue weighted by molar-refractivity contribution is 5.70. The molecule has 8 heteroatoms. The molecule has 1 fully saturated rings. The second kappa shape index (κ2) is 6.21. The molecule has 0 radical (unpaired) electrons. The minimum atomic E-state index is -4.79. The van der Waals surface area contributed by atoms with Crippen LogP contribution >= 0.6 is 0 Å². The monoisotopic (exact) mass is 329 g/mol. The molecule has 1 aromatic carbocycles. The summed E-state index contributed by atoms with van der Waals surface area (Å²) < 4.78 is 47.1. The van der Waals surface area contributed by atoms with Gasteiger partial charge < -0.3 is 9.26 Å². The summed E-state index contributed by atoms with van der Waals surface area (Å²) in [5, 5.41) is 3.93. The first kappa shape index (κ1) is 15.8. The van der Waals surface area contributed by atoms with Crippen LogP contribution in [0, 0.1) is 0 Å². The van der Waals surface area contributed by atoms with E-state index in [0.717, 1.165) is 12.8 Å². The van der Waals surface area contributed by atoms with Crippen LogP contribution in [-0.2, 0) is 16.4 Å². The number of aromatic nitrogens is 1. The number of hydrogen-bond donors (Lipinski definition) is 0. The van der Waals surface area contributed by atoms with Crippen molar-refractivity contribution in [1.82, 2.24) is 5.16 Å². The SMILES string of the molecule is COOCc1c(-c2ccccc2OC(F)(F)F)noc1C1CC1. The van der Waals surface area contributed by atoms with E-state index < -0.39 is 6.36 Å². The Morgan fingerprint density at radius 2 is 2.00 bits per heavy atom. The topological polar surface area (TPSA) is 53.7 Å². The van der Waals surface area contributed by atoms with Crippen molar-refractivity contribution in [2.45, 2.75) is 31.7 Å². The maximum Gasteiger partial charge on any atom is 0.573 e. The number of hydrogen-bond acceptors (Lipinski definition) is 5. The summed E-state index contributed by atoms with van der Waals surface area (Å²) in [5.41, 5.74) is 1.03. The highest BCUT2D eigenvalue weighted by atomic mass is 19.4. The predicted molar refractivity (Wildman–Crippen MR) is 72.4 cm³/mol. The molecule has 0 atom stereocenters. The Morgan fingerprint density at radius 1 is 1.26 bits per heavy atom. The van der Waals surface area contributed by atoms with Gasteiger partial charge in [0, 0.05) is 11.5 Å². The smallest absolute Gasteiger partial charge is 0.405 e. The van der Waals surface area contributed by atoms with Crippen molar-refractivity contribution in [3.63, 3.8) is 0 Å². The minimum absolute atomic E-state index is 0.0293. The molecule has 0 amide bonds. The van der Waals surface area contributed by atoms with Crippen LogP contribution in [0.3, 0.4) is 0 Å². The summed E-state index contributed by atoms with van der Waals surface area (Å²) in [7, 11) is 1.35. The lowest BCUT2D eigenvalue weighted by Crippen LogP contribution is -2.17. The van der Waals surface area contributed by atoms with Gasteiger partial charge in [0.1, 0.15) is 23.8 Å². The summed E-state index contributed by atoms with van der Waals surface area (Å²) >= 11 is 0. The lowest BCUT2D eigenvalue weighted by atomic mass is 10.0. The normalized spacial score (nSPS) is 15.0. The molecule has 0 aliphatic heterocycles. The van der Waals surface area contributed by atoms with Gasteiger partial charge in [-0.15, -0.1) is 13.2 Å². The van der Waals surface area contributed by atoms with Crippen molar-refractivity contribution in [2.24, 2.45) is 0 Å². The van der Waals surface area contributed by atoms with Gasteiger partial charge in [-0.05, 0) is 25.0 Å². The fraction of sp³-hybridized carbons (Fsp3) is 0.400. The zero-order chi connectivity index (χ0) is 16.4. The van der Waals surface area contributed by atoms with E-state index in [1.165, 1.54) is 25.3 Å². The first-order chi connectivity index (χ1) is 11.0. The first-order valence-corrected chi connectivity index (χ1v) is 6.99. The standard InChI is InChI=1S/C15H14F3NO4/c1-20-21-8-11-13(19-23-14(11)9-6-7-9)10-4-2-3-5-12(10)22-15(16,17)18/h2-5,9H,6-8H2,1H3. The second-order valence-electron chi connectivity index (χ2n) is 5.12. The zero-order valence-corrected chi connectivity index (χ0v) is 12.2. The fourth-order valence-electron chi connectivity index (χ4n) is 2.33. The van der Waals surface area contributed by atoms with E-state index in [1.54, 1.807) is 6.07 Å². The number of rotatable bonds is 6. The molecular formula is C15H14F3NO4. The van der Waals surface area contributed by atoms with Gasteiger partial charge in [0.25, 0.3) is 0 Å². The molecule has 2 aromatic rings. The van der Waals surface area contributed by atoms with Crippen LogP contribution in [0.25, 0.3) is 11.3 Å². The molecule has 5 nitrogen and oxygen atoms in total. The van der Waals surface area contributed by atoms with E-state index >= 15 is 0 Å². The summed E-state index contributed by atoms with van der Waals surface area (Å²) in [6.45, 7) is 0.0293. The van der Waals surface area contributed by atoms with Crippen LogP contribution < -0.4 is 4.74 Å². The van der Waals surface area contributed by atoms with Gasteiger partial charge in [0.15, 0.2) is 0 Å². The lowest BCUT2D eigenvalue weighted by molar-refractivity contribution is -0.282. The Bertz CT molecular complexity index is 680. The third-order valence-electron chi connectivity index (χ3n) is 3.46. The third kappa shape index (κ3) is 3.65. The number of benzene rings is 1. The third-order valence-corrected chi connectivity index (χ3v) is 3.46. The summed E-state index contributed by atoms with van der Waals surface area (Å²) in [5.74, 6) is 0.510. The van der Waals surface area contributed by atoms with Crippen LogP contribution in [0.5, 0.6) is 5.75 Å². The minimum Gasteiger partial charge on any atom is -0.405 e. The van der Waals surface area contributed by atoms with Crippen LogP contribution in [0.15, 0.2) is 28.8 Å². The van der Waals surface area contributed by atoms with Gasteiger partial charge in [0.05, 0.1) is 12.7 Å². The molecule has 0 spiro atoms. The Morgan fingerprint density at radius 3 is 2.65 bits per heavy atom. The molecule has 0 bridgehead atoms. The molecule has 0 N–H and O–H groups in total. The van der Waals surface area contributed by atoms with Crippen molar-refractivity contribution in [3.05, 3.63) is 35.6 Å². The molecule has 1 heterocycles. The molecule has 0 unspecified atom stereocenters. The average molecular weight is 329 g/mol. The van der Waals surface area contributed by atoms with E-state index in [0.29, 0.717) is 11.3 Å². The molecule has 3 rings (SSSR count). The Labute approximate surface area is 129 Å². The predicted octanol–water partition coefficient (Wildman–Crippen LogP) is 4.20. The number of nitrogens with zero attached hydrogens (tertiary/aromatic N) is 1. The zero-order valence-electron chi connectivity index (χ0n) is 12.2. The Kier molecular flexibility index (Phi) is 4.27. The van der Waals surface area contributed by atoms with Crippen molar-refractivity contribution >= 4 is 0 Å². The summed E-state index contributed by atoms with van der Waals surface area (Å²) in [4.78, 5) is 9.53. The van der Waals surface area contributed by atoms with E-state index in [4.69, 9.17) is 9.41 Å². The molecular weight excluding hydrogens is 315 g/mol. The van der Waals surface area contributed by atoms with Gasteiger partial charge >= 0.3 is 6.36 Å². The van der Waals surface area contributed by atoms with Crippen molar-refractivity contribution in [1.29, 1.82) is 0 Å². The summed E-state index contributed by atoms with van der Waals surface area (Å²) in [6, 6.07) is 5.78. The van der Waals surface area contributed by atoms with Crippen molar-refractivity contribution in [3.8, 4) is 17.0 Å². The highest BCUT2D eigenvalue weighted by Crippen LogP contribution is 2.45. The highest BCUT2D eigenvalue weighted by Gasteiger charge is 2.35. The van der Waals surface area contributed by atoms with Gasteiger partial charge in [-0.3, -0.25) is 0 Å². The molecule has 1 aliphatic carbocycles. The van der Waals surface area contributed by atoms with E-state index in [2.05, 4.69) is 14.8 Å². The number of ether oxygens (including phenoxy) is 1. The summed E-state index contributed by atoms with van der Waals surface area (Å²) in [6.07, 6.45) is -2.88. The molecule has 1 saturated carbocycles. The molecule has 23 heavy (non-hydrogen) atoms. The van der Waals surface area contributed by atoms with Crippen LogP contribution in [0.1, 0.15) is 30.1 Å². The lowest BCUT2D eigenvalue weighted by Gasteiger charge is -2.12. The van der Waals surface area contributed by atoms with E-state index in [9.17, 15) is 13.2 Å². The van der Waals surface area contributed by atoms with Crippen molar-refractivity contribution in [2.75, 3.05) is 7.11 Å². The van der Waals surface area contributed by atoms with Crippen molar-refractivity contribution < 1.29 is 32.2 Å². The van der Waals surface area contributed by atoms with Crippen LogP contribution in [0.4, 0.5) is 13.2 Å². The van der Waals surface area contributed by atoms with Gasteiger partial charge in [0.2, 0.25) is 0 Å². The number of alkyl halides is 3. The maximum atomic E-state index is 12.6. The fourth-order valence-corrected chi connectivity index (χ4v) is 2.33. The molecule has 1 aliphatic rings. The first-order valence-electron chi connectivity index (χ1n) is 6.99. The van der Waals surface area contributed by atoms with Crippen LogP contribution in [-0.4, -0.2) is 18.6 Å². The quantitative estimate of drug-likeness (QED) is 0.587. The molecule has 0 saturated heterocycles. The Balaban J connectivity index is 2.01. The maximum absolute atomic E-state index is 12.6.